The average molecular weight is 713 g/mol. The summed E-state index contributed by atoms with van der Waals surface area (Å²) in [5.74, 6) is -0.907. The Kier molecular flexibility index (Phi) is 13.8. The second kappa shape index (κ2) is 18.0. The first-order valence-corrected chi connectivity index (χ1v) is 17.3. The predicted octanol–water partition coefficient (Wildman–Crippen LogP) is 6.91. The summed E-state index contributed by atoms with van der Waals surface area (Å²) in [6, 6.07) is 18.1. The number of hydrogen-bond acceptors (Lipinski definition) is 7. The van der Waals surface area contributed by atoms with Gasteiger partial charge in [-0.2, -0.15) is 13.2 Å². The van der Waals surface area contributed by atoms with Gasteiger partial charge in [0, 0.05) is 25.4 Å². The number of hydrogen-bond donors (Lipinski definition) is 1. The van der Waals surface area contributed by atoms with Crippen molar-refractivity contribution in [3.63, 3.8) is 0 Å². The Balaban J connectivity index is 1.59. The number of thioether (sulfide) groups is 1. The molecule has 0 aliphatic carbocycles. The summed E-state index contributed by atoms with van der Waals surface area (Å²) < 4.78 is 57.5. The average Bonchev–Trinajstić information content (AvgIpc) is 3.09. The highest BCUT2D eigenvalue weighted by atomic mass is 32.2. The standard InChI is InChI=1S/C37H40F4N4O4S/c1-4-44(5-2)19-20-45(23-25-7-11-27(12-8-25)28-13-15-29(16-14-28)37(39,40)41)33(46)22-32-31(21-34(47)49-6-3)35(48)43-36(42-32)50-24-26-9-17-30(38)18-10-26/h7-18H,4-6,19-24H2,1-3H3,(H,42,43,48). The van der Waals surface area contributed by atoms with E-state index in [9.17, 15) is 31.9 Å². The number of nitrogens with zero attached hydrogens (tertiary/aromatic N) is 3. The Morgan fingerprint density at radius 3 is 2.02 bits per heavy atom. The Hall–Kier alpha value is -4.49. The monoisotopic (exact) mass is 712 g/mol. The van der Waals surface area contributed by atoms with Crippen LogP contribution < -0.4 is 5.56 Å². The minimum atomic E-state index is -4.42. The maximum atomic E-state index is 14.0. The molecule has 4 rings (SSSR count). The molecule has 1 heterocycles. The molecule has 0 unspecified atom stereocenters. The second-order valence-corrected chi connectivity index (χ2v) is 12.4. The largest absolute Gasteiger partial charge is 0.466 e. The number of esters is 1. The molecule has 0 aliphatic heterocycles. The number of benzene rings is 3. The van der Waals surface area contributed by atoms with Crippen LogP contribution in [-0.2, 0) is 45.6 Å². The lowest BCUT2D eigenvalue weighted by Gasteiger charge is -2.27. The molecule has 266 valence electrons. The van der Waals surface area contributed by atoms with Crippen molar-refractivity contribution in [3.8, 4) is 11.1 Å². The number of carbonyl (C=O) groups is 2. The van der Waals surface area contributed by atoms with Gasteiger partial charge in [-0.15, -0.1) is 0 Å². The van der Waals surface area contributed by atoms with Crippen LogP contribution in [0.1, 0.15) is 48.7 Å². The quantitative estimate of drug-likeness (QED) is 0.0585. The van der Waals surface area contributed by atoms with Crippen molar-refractivity contribution in [2.75, 3.05) is 32.8 Å². The molecule has 8 nitrogen and oxygen atoms in total. The van der Waals surface area contributed by atoms with Crippen LogP contribution in [-0.4, -0.2) is 64.4 Å². The van der Waals surface area contributed by atoms with Gasteiger partial charge in [0.2, 0.25) is 5.91 Å². The first-order chi connectivity index (χ1) is 23.9. The molecule has 0 atom stereocenters. The fraction of sp³-hybridized carbons (Fsp3) is 0.351. The second-order valence-electron chi connectivity index (χ2n) is 11.5. The van der Waals surface area contributed by atoms with E-state index < -0.39 is 23.3 Å². The van der Waals surface area contributed by atoms with Gasteiger partial charge in [-0.05, 0) is 66.5 Å². The zero-order valence-electron chi connectivity index (χ0n) is 28.2. The van der Waals surface area contributed by atoms with E-state index in [0.29, 0.717) is 24.4 Å². The normalized spacial score (nSPS) is 11.5. The van der Waals surface area contributed by atoms with Crippen LogP contribution in [0.5, 0.6) is 0 Å². The summed E-state index contributed by atoms with van der Waals surface area (Å²) in [6.07, 6.45) is -5.02. The van der Waals surface area contributed by atoms with E-state index in [4.69, 9.17) is 4.74 Å². The summed E-state index contributed by atoms with van der Waals surface area (Å²) in [7, 11) is 0. The third-order valence-electron chi connectivity index (χ3n) is 8.12. The topological polar surface area (TPSA) is 95.6 Å². The van der Waals surface area contributed by atoms with Crippen molar-refractivity contribution in [1.82, 2.24) is 19.8 Å². The van der Waals surface area contributed by atoms with E-state index in [-0.39, 0.29) is 54.1 Å². The Labute approximate surface area is 292 Å². The Morgan fingerprint density at radius 2 is 1.44 bits per heavy atom. The number of rotatable bonds is 16. The molecule has 0 aliphatic rings. The summed E-state index contributed by atoms with van der Waals surface area (Å²) in [4.78, 5) is 50.9. The Morgan fingerprint density at radius 1 is 0.840 bits per heavy atom. The molecule has 4 aromatic rings. The molecule has 0 radical (unpaired) electrons. The van der Waals surface area contributed by atoms with Crippen LogP contribution >= 0.6 is 11.8 Å². The van der Waals surface area contributed by atoms with Crippen LogP contribution in [0.15, 0.2) is 82.7 Å². The van der Waals surface area contributed by atoms with Gasteiger partial charge in [-0.3, -0.25) is 14.4 Å². The molecule has 0 spiro atoms. The van der Waals surface area contributed by atoms with Crippen molar-refractivity contribution >= 4 is 23.6 Å². The lowest BCUT2D eigenvalue weighted by atomic mass is 10.0. The molecule has 13 heteroatoms. The molecule has 0 fully saturated rings. The third-order valence-corrected chi connectivity index (χ3v) is 9.06. The van der Waals surface area contributed by atoms with Gasteiger partial charge < -0.3 is 19.5 Å². The molecular weight excluding hydrogens is 672 g/mol. The van der Waals surface area contributed by atoms with Crippen molar-refractivity contribution in [1.29, 1.82) is 0 Å². The highest BCUT2D eigenvalue weighted by Gasteiger charge is 2.30. The number of halogens is 4. The lowest BCUT2D eigenvalue weighted by Crippen LogP contribution is -2.39. The SMILES string of the molecule is CCOC(=O)Cc1c(CC(=O)N(CCN(CC)CC)Cc2ccc(-c3ccc(C(F)(F)F)cc3)cc2)nc(SCc2ccc(F)cc2)[nH]c1=O. The Bertz CT molecular complexity index is 1780. The summed E-state index contributed by atoms with van der Waals surface area (Å²) in [6.45, 7) is 8.62. The van der Waals surface area contributed by atoms with Gasteiger partial charge in [0.1, 0.15) is 5.82 Å². The van der Waals surface area contributed by atoms with Crippen molar-refractivity contribution in [2.24, 2.45) is 0 Å². The summed E-state index contributed by atoms with van der Waals surface area (Å²) in [5, 5.41) is 0.253. The number of likely N-dealkylation sites (N-methyl/N-ethyl adjacent to an activating group) is 1. The number of alkyl halides is 3. The van der Waals surface area contributed by atoms with Crippen LogP contribution in [0.2, 0.25) is 0 Å². The first kappa shape index (κ1) is 38.3. The third kappa shape index (κ3) is 11.0. The van der Waals surface area contributed by atoms with Gasteiger partial charge in [-0.25, -0.2) is 9.37 Å². The molecule has 0 saturated heterocycles. The van der Waals surface area contributed by atoms with Crippen molar-refractivity contribution in [3.05, 3.63) is 117 Å². The number of nitrogens with one attached hydrogen (secondary N) is 1. The van der Waals surface area contributed by atoms with E-state index in [1.807, 2.05) is 26.0 Å². The minimum absolute atomic E-state index is 0.0486. The maximum Gasteiger partial charge on any atom is 0.416 e. The van der Waals surface area contributed by atoms with E-state index in [1.165, 1.54) is 36.0 Å². The number of H-pyrrole nitrogens is 1. The van der Waals surface area contributed by atoms with E-state index >= 15 is 0 Å². The molecule has 1 aromatic heterocycles. The van der Waals surface area contributed by atoms with Gasteiger partial charge in [0.05, 0.1) is 36.3 Å². The van der Waals surface area contributed by atoms with Gasteiger partial charge in [0.15, 0.2) is 5.16 Å². The zero-order chi connectivity index (χ0) is 36.3. The maximum absolute atomic E-state index is 14.0. The molecule has 0 bridgehead atoms. The van der Waals surface area contributed by atoms with Gasteiger partial charge in [0.25, 0.3) is 5.56 Å². The number of aromatic amines is 1. The summed E-state index contributed by atoms with van der Waals surface area (Å²) in [5.41, 5.74) is 1.90. The fourth-order valence-corrected chi connectivity index (χ4v) is 6.07. The van der Waals surface area contributed by atoms with Gasteiger partial charge in [-0.1, -0.05) is 74.1 Å². The molecular formula is C37H40F4N4O4S. The number of aromatic nitrogens is 2. The first-order valence-electron chi connectivity index (χ1n) is 16.3. The highest BCUT2D eigenvalue weighted by Crippen LogP contribution is 2.31. The van der Waals surface area contributed by atoms with Crippen LogP contribution in [0.3, 0.4) is 0 Å². The predicted molar refractivity (Wildman–Crippen MR) is 185 cm³/mol. The molecule has 3 aromatic carbocycles. The van der Waals surface area contributed by atoms with E-state index in [2.05, 4.69) is 14.9 Å². The highest BCUT2D eigenvalue weighted by molar-refractivity contribution is 7.98. The zero-order valence-corrected chi connectivity index (χ0v) is 29.0. The molecule has 0 saturated carbocycles. The van der Waals surface area contributed by atoms with E-state index in [1.54, 1.807) is 36.1 Å². The molecule has 1 N–H and O–H groups in total. The summed E-state index contributed by atoms with van der Waals surface area (Å²) >= 11 is 1.21. The smallest absolute Gasteiger partial charge is 0.416 e. The lowest BCUT2D eigenvalue weighted by molar-refractivity contribution is -0.142. The van der Waals surface area contributed by atoms with E-state index in [0.717, 1.165) is 41.9 Å². The molecule has 1 amide bonds. The fourth-order valence-electron chi connectivity index (χ4n) is 5.23. The van der Waals surface area contributed by atoms with Gasteiger partial charge >= 0.3 is 12.1 Å². The van der Waals surface area contributed by atoms with Crippen LogP contribution in [0.25, 0.3) is 11.1 Å². The molecule has 50 heavy (non-hydrogen) atoms. The van der Waals surface area contributed by atoms with Crippen LogP contribution in [0.4, 0.5) is 17.6 Å². The number of amides is 1. The number of ether oxygens (including phenoxy) is 1. The number of carbonyl (C=O) groups excluding carboxylic acids is 2. The van der Waals surface area contributed by atoms with Crippen molar-refractivity contribution < 1.29 is 31.9 Å². The van der Waals surface area contributed by atoms with Crippen molar-refractivity contribution in [2.45, 2.75) is 57.2 Å². The minimum Gasteiger partial charge on any atom is -0.466 e. The van der Waals surface area contributed by atoms with Crippen LogP contribution in [0, 0.1) is 5.82 Å².